The minimum absolute atomic E-state index is 0.146. The van der Waals surface area contributed by atoms with Gasteiger partial charge in [-0.05, 0) is 45.7 Å². The van der Waals surface area contributed by atoms with E-state index < -0.39 is 7.82 Å². The highest BCUT2D eigenvalue weighted by Crippen LogP contribution is 2.50. The van der Waals surface area contributed by atoms with Gasteiger partial charge in [0.05, 0.1) is 19.3 Å². The molecule has 1 atom stereocenters. The number of likely N-dealkylation sites (tertiary alicyclic amines) is 1. The summed E-state index contributed by atoms with van der Waals surface area (Å²) < 4.78 is 29.4. The van der Waals surface area contributed by atoms with Crippen molar-refractivity contribution in [1.82, 2.24) is 4.90 Å². The van der Waals surface area contributed by atoms with Gasteiger partial charge in [0.1, 0.15) is 0 Å². The molecule has 5 nitrogen and oxygen atoms in total. The summed E-state index contributed by atoms with van der Waals surface area (Å²) in [5, 5.41) is 0. The van der Waals surface area contributed by atoms with Crippen molar-refractivity contribution in [3.63, 3.8) is 0 Å². The van der Waals surface area contributed by atoms with Gasteiger partial charge < -0.3 is 4.90 Å². The average molecular weight is 335 g/mol. The predicted molar refractivity (Wildman–Crippen MR) is 90.2 cm³/mol. The van der Waals surface area contributed by atoms with Gasteiger partial charge in [-0.15, -0.1) is 0 Å². The molecule has 1 aliphatic heterocycles. The molecule has 0 aliphatic carbocycles. The minimum Gasteiger partial charge on any atom is -0.301 e. The molecular weight excluding hydrogens is 301 g/mol. The fourth-order valence-corrected chi connectivity index (χ4v) is 3.91. The first-order chi connectivity index (χ1) is 10.6. The van der Waals surface area contributed by atoms with Crippen LogP contribution in [-0.2, 0) is 18.1 Å². The normalized spacial score (nSPS) is 18.5. The Morgan fingerprint density at radius 2 is 1.55 bits per heavy atom. The van der Waals surface area contributed by atoms with Crippen LogP contribution in [0.5, 0.6) is 0 Å². The van der Waals surface area contributed by atoms with E-state index in [2.05, 4.69) is 18.7 Å². The highest BCUT2D eigenvalue weighted by atomic mass is 31.2. The van der Waals surface area contributed by atoms with Gasteiger partial charge in [0, 0.05) is 6.54 Å². The second-order valence-electron chi connectivity index (χ2n) is 6.10. The lowest BCUT2D eigenvalue weighted by Crippen LogP contribution is -2.36. The Morgan fingerprint density at radius 3 is 2.05 bits per heavy atom. The standard InChI is InChI=1S/C16H34NO4P/c1-4-6-13-19-22(18,20-14-7-5-2)21-16(3)15-17-11-9-8-10-12-17/h16H,4-15H2,1-3H3. The molecule has 1 fully saturated rings. The van der Waals surface area contributed by atoms with Gasteiger partial charge in [0.15, 0.2) is 0 Å². The largest absolute Gasteiger partial charge is 0.475 e. The number of hydrogen-bond acceptors (Lipinski definition) is 5. The van der Waals surface area contributed by atoms with E-state index in [0.717, 1.165) is 45.3 Å². The third-order valence-corrected chi connectivity index (χ3v) is 5.38. The lowest BCUT2D eigenvalue weighted by molar-refractivity contribution is 0.0610. The summed E-state index contributed by atoms with van der Waals surface area (Å²) >= 11 is 0. The first-order valence-corrected chi connectivity index (χ1v) is 10.4. The van der Waals surface area contributed by atoms with Crippen molar-refractivity contribution in [1.29, 1.82) is 0 Å². The Bertz CT molecular complexity index is 307. The van der Waals surface area contributed by atoms with Crippen molar-refractivity contribution in [3.8, 4) is 0 Å². The smallest absolute Gasteiger partial charge is 0.301 e. The van der Waals surface area contributed by atoms with Crippen LogP contribution in [0.25, 0.3) is 0 Å². The molecule has 6 heteroatoms. The molecule has 1 saturated heterocycles. The number of unbranched alkanes of at least 4 members (excludes halogenated alkanes) is 2. The lowest BCUT2D eigenvalue weighted by atomic mass is 10.1. The van der Waals surface area contributed by atoms with E-state index in [4.69, 9.17) is 13.6 Å². The van der Waals surface area contributed by atoms with Gasteiger partial charge in [-0.3, -0.25) is 13.6 Å². The topological polar surface area (TPSA) is 48.0 Å². The highest BCUT2D eigenvalue weighted by Gasteiger charge is 2.30. The van der Waals surface area contributed by atoms with E-state index >= 15 is 0 Å². The fraction of sp³-hybridized carbons (Fsp3) is 1.00. The summed E-state index contributed by atoms with van der Waals surface area (Å²) in [6, 6.07) is 0. The third-order valence-electron chi connectivity index (χ3n) is 3.77. The van der Waals surface area contributed by atoms with Gasteiger partial charge in [0.25, 0.3) is 0 Å². The first-order valence-electron chi connectivity index (χ1n) is 8.89. The molecule has 0 aromatic heterocycles. The van der Waals surface area contributed by atoms with E-state index in [1.54, 1.807) is 0 Å². The Labute approximate surface area is 136 Å². The van der Waals surface area contributed by atoms with Crippen LogP contribution in [0.3, 0.4) is 0 Å². The summed E-state index contributed by atoms with van der Waals surface area (Å²) in [4.78, 5) is 2.37. The Kier molecular flexibility index (Phi) is 10.6. The zero-order valence-electron chi connectivity index (χ0n) is 14.6. The maximum Gasteiger partial charge on any atom is 0.475 e. The summed E-state index contributed by atoms with van der Waals surface area (Å²) in [5.41, 5.74) is 0. The molecule has 22 heavy (non-hydrogen) atoms. The zero-order valence-corrected chi connectivity index (χ0v) is 15.5. The molecule has 1 rings (SSSR count). The molecule has 1 aliphatic rings. The predicted octanol–water partition coefficient (Wildman–Crippen LogP) is 4.62. The monoisotopic (exact) mass is 335 g/mol. The van der Waals surface area contributed by atoms with Gasteiger partial charge >= 0.3 is 7.82 Å². The molecular formula is C16H34NO4P. The second-order valence-corrected chi connectivity index (χ2v) is 7.72. The molecule has 132 valence electrons. The van der Waals surface area contributed by atoms with Crippen LogP contribution < -0.4 is 0 Å². The van der Waals surface area contributed by atoms with Crippen molar-refractivity contribution in [2.45, 2.75) is 71.8 Å². The number of phosphoric ester groups is 1. The fourth-order valence-electron chi connectivity index (χ4n) is 2.50. The summed E-state index contributed by atoms with van der Waals surface area (Å²) in [5.74, 6) is 0. The van der Waals surface area contributed by atoms with Crippen LogP contribution >= 0.6 is 7.82 Å². The lowest BCUT2D eigenvalue weighted by Gasteiger charge is -2.30. The number of hydrogen-bond donors (Lipinski definition) is 0. The van der Waals surface area contributed by atoms with E-state index in [1.165, 1.54) is 19.3 Å². The highest BCUT2D eigenvalue weighted by molar-refractivity contribution is 7.48. The van der Waals surface area contributed by atoms with E-state index in [-0.39, 0.29) is 6.10 Å². The molecule has 0 radical (unpaired) electrons. The quantitative estimate of drug-likeness (QED) is 0.385. The van der Waals surface area contributed by atoms with E-state index in [0.29, 0.717) is 13.2 Å². The van der Waals surface area contributed by atoms with Crippen LogP contribution in [0.15, 0.2) is 0 Å². The van der Waals surface area contributed by atoms with Crippen molar-refractivity contribution in [2.75, 3.05) is 32.8 Å². The Morgan fingerprint density at radius 1 is 1.00 bits per heavy atom. The van der Waals surface area contributed by atoms with Crippen LogP contribution in [0, 0.1) is 0 Å². The summed E-state index contributed by atoms with van der Waals surface area (Å²) in [7, 11) is -3.43. The van der Waals surface area contributed by atoms with Crippen molar-refractivity contribution < 1.29 is 18.1 Å². The number of piperidine rings is 1. The molecule has 0 bridgehead atoms. The molecule has 0 aromatic carbocycles. The number of nitrogens with zero attached hydrogens (tertiary/aromatic N) is 1. The van der Waals surface area contributed by atoms with Crippen LogP contribution in [0.4, 0.5) is 0 Å². The molecule has 0 aromatic rings. The van der Waals surface area contributed by atoms with Gasteiger partial charge in [-0.2, -0.15) is 0 Å². The number of phosphoric acid groups is 1. The maximum absolute atomic E-state index is 12.7. The Balaban J connectivity index is 2.43. The zero-order chi connectivity index (χ0) is 16.3. The Hall–Kier alpha value is 0.0700. The second kappa shape index (κ2) is 11.6. The van der Waals surface area contributed by atoms with Crippen LogP contribution in [-0.4, -0.2) is 43.9 Å². The van der Waals surface area contributed by atoms with Gasteiger partial charge in [0.2, 0.25) is 0 Å². The maximum atomic E-state index is 12.7. The van der Waals surface area contributed by atoms with Crippen molar-refractivity contribution >= 4 is 7.82 Å². The van der Waals surface area contributed by atoms with Crippen molar-refractivity contribution in [2.24, 2.45) is 0 Å². The summed E-state index contributed by atoms with van der Waals surface area (Å²) in [6.45, 7) is 9.95. The molecule has 1 heterocycles. The van der Waals surface area contributed by atoms with Crippen molar-refractivity contribution in [3.05, 3.63) is 0 Å². The summed E-state index contributed by atoms with van der Waals surface area (Å²) in [6.07, 6.45) is 7.37. The van der Waals surface area contributed by atoms with Crippen LogP contribution in [0.2, 0.25) is 0 Å². The van der Waals surface area contributed by atoms with Crippen LogP contribution in [0.1, 0.15) is 65.7 Å². The SMILES string of the molecule is CCCCOP(=O)(OCCCC)OC(C)CN1CCCCC1. The number of rotatable bonds is 12. The molecule has 0 N–H and O–H groups in total. The van der Waals surface area contributed by atoms with E-state index in [1.807, 2.05) is 6.92 Å². The first kappa shape index (κ1) is 20.1. The molecule has 0 saturated carbocycles. The van der Waals surface area contributed by atoms with Gasteiger partial charge in [-0.25, -0.2) is 4.57 Å². The average Bonchev–Trinajstić information content (AvgIpc) is 2.48. The third kappa shape index (κ3) is 8.64. The van der Waals surface area contributed by atoms with E-state index in [9.17, 15) is 4.57 Å². The molecule has 0 amide bonds. The molecule has 0 spiro atoms. The minimum atomic E-state index is -3.43. The van der Waals surface area contributed by atoms with Gasteiger partial charge in [-0.1, -0.05) is 33.1 Å². The molecule has 1 unspecified atom stereocenters.